The molecule has 6 heteroatoms. The molecular weight excluding hydrogens is 261 g/mol. The van der Waals surface area contributed by atoms with Gasteiger partial charge in [0, 0.05) is 11.7 Å². The van der Waals surface area contributed by atoms with Gasteiger partial charge in [-0.25, -0.2) is 4.39 Å². The van der Waals surface area contributed by atoms with Gasteiger partial charge in [0.1, 0.15) is 5.82 Å². The first kappa shape index (κ1) is 14.7. The number of hydrogen-bond acceptors (Lipinski definition) is 4. The van der Waals surface area contributed by atoms with Gasteiger partial charge in [-0.1, -0.05) is 6.42 Å². The maximum absolute atomic E-state index is 13.0. The third-order valence-electron chi connectivity index (χ3n) is 3.59. The van der Waals surface area contributed by atoms with Crippen molar-refractivity contribution in [2.24, 2.45) is 0 Å². The van der Waals surface area contributed by atoms with Crippen LogP contribution >= 0.6 is 0 Å². The molecule has 0 aliphatic carbocycles. The van der Waals surface area contributed by atoms with Crippen molar-refractivity contribution < 1.29 is 14.3 Å². The largest absolute Gasteiger partial charge is 0.396 e. The van der Waals surface area contributed by atoms with Gasteiger partial charge < -0.3 is 16.2 Å². The number of likely N-dealkylation sites (tertiary alicyclic amines) is 1. The van der Waals surface area contributed by atoms with Crippen LogP contribution < -0.4 is 11.1 Å². The Morgan fingerprint density at radius 3 is 3.00 bits per heavy atom. The Balaban J connectivity index is 1.92. The molecule has 1 heterocycles. The van der Waals surface area contributed by atoms with E-state index in [1.807, 2.05) is 4.90 Å². The van der Waals surface area contributed by atoms with E-state index < -0.39 is 5.82 Å². The summed E-state index contributed by atoms with van der Waals surface area (Å²) in [7, 11) is 0. The van der Waals surface area contributed by atoms with Crippen LogP contribution in [0.25, 0.3) is 0 Å². The van der Waals surface area contributed by atoms with Gasteiger partial charge in [0.2, 0.25) is 5.91 Å². The molecule has 1 aromatic rings. The second kappa shape index (κ2) is 6.67. The highest BCUT2D eigenvalue weighted by Crippen LogP contribution is 2.18. The zero-order chi connectivity index (χ0) is 14.5. The smallest absolute Gasteiger partial charge is 0.238 e. The zero-order valence-electron chi connectivity index (χ0n) is 11.3. The first-order valence-corrected chi connectivity index (χ1v) is 6.80. The van der Waals surface area contributed by atoms with Crippen molar-refractivity contribution in [3.05, 3.63) is 24.0 Å². The first-order chi connectivity index (χ1) is 9.60. The average Bonchev–Trinajstić information content (AvgIpc) is 2.43. The van der Waals surface area contributed by atoms with Gasteiger partial charge >= 0.3 is 0 Å². The van der Waals surface area contributed by atoms with E-state index >= 15 is 0 Å². The molecule has 1 saturated heterocycles. The lowest BCUT2D eigenvalue weighted by Gasteiger charge is -2.33. The Morgan fingerprint density at radius 2 is 2.30 bits per heavy atom. The minimum absolute atomic E-state index is 0.00834. The fourth-order valence-corrected chi connectivity index (χ4v) is 2.48. The summed E-state index contributed by atoms with van der Waals surface area (Å²) in [6.07, 6.45) is 3.03. The summed E-state index contributed by atoms with van der Waals surface area (Å²) in [6.45, 7) is 1.10. The van der Waals surface area contributed by atoms with Crippen LogP contribution in [0.5, 0.6) is 0 Å². The Labute approximate surface area is 117 Å². The lowest BCUT2D eigenvalue weighted by atomic mass is 10.0. The lowest BCUT2D eigenvalue weighted by molar-refractivity contribution is -0.118. The molecule has 2 rings (SSSR count). The number of halogens is 1. The Kier molecular flexibility index (Phi) is 4.92. The molecular formula is C14H20FN3O2. The highest BCUT2D eigenvalue weighted by molar-refractivity contribution is 5.92. The van der Waals surface area contributed by atoms with E-state index in [1.165, 1.54) is 18.2 Å². The molecule has 0 spiro atoms. The summed E-state index contributed by atoms with van der Waals surface area (Å²) < 4.78 is 13.0. The maximum Gasteiger partial charge on any atom is 0.238 e. The minimum Gasteiger partial charge on any atom is -0.396 e. The predicted molar refractivity (Wildman–Crippen MR) is 75.7 cm³/mol. The number of aliphatic hydroxyl groups is 1. The van der Waals surface area contributed by atoms with Crippen molar-refractivity contribution in [2.45, 2.75) is 25.3 Å². The van der Waals surface area contributed by atoms with Crippen LogP contribution in [0.15, 0.2) is 18.2 Å². The highest BCUT2D eigenvalue weighted by atomic mass is 19.1. The van der Waals surface area contributed by atoms with Crippen molar-refractivity contribution >= 4 is 17.3 Å². The van der Waals surface area contributed by atoms with Gasteiger partial charge in [-0.3, -0.25) is 9.69 Å². The van der Waals surface area contributed by atoms with Crippen LogP contribution in [0.1, 0.15) is 19.3 Å². The SMILES string of the molecule is Nc1cc(NC(=O)CN2CCCCC2CO)ccc1F. The number of nitrogens with zero attached hydrogens (tertiary/aromatic N) is 1. The Hall–Kier alpha value is -1.66. The van der Waals surface area contributed by atoms with Crippen LogP contribution in [0.3, 0.4) is 0 Å². The summed E-state index contributed by atoms with van der Waals surface area (Å²) in [5, 5.41) is 12.0. The van der Waals surface area contributed by atoms with E-state index in [0.29, 0.717) is 5.69 Å². The fraction of sp³-hybridized carbons (Fsp3) is 0.500. The summed E-state index contributed by atoms with van der Waals surface area (Å²) in [6, 6.07) is 4.14. The highest BCUT2D eigenvalue weighted by Gasteiger charge is 2.23. The second-order valence-corrected chi connectivity index (χ2v) is 5.09. The fourth-order valence-electron chi connectivity index (χ4n) is 2.48. The number of benzene rings is 1. The number of piperidine rings is 1. The van der Waals surface area contributed by atoms with E-state index in [9.17, 15) is 14.3 Å². The van der Waals surface area contributed by atoms with Crippen LogP contribution in [-0.4, -0.2) is 41.7 Å². The minimum atomic E-state index is -0.501. The van der Waals surface area contributed by atoms with E-state index in [1.54, 1.807) is 0 Å². The molecule has 1 atom stereocenters. The van der Waals surface area contributed by atoms with Crippen LogP contribution in [0.4, 0.5) is 15.8 Å². The number of nitrogens with one attached hydrogen (secondary N) is 1. The monoisotopic (exact) mass is 281 g/mol. The number of aliphatic hydroxyl groups excluding tert-OH is 1. The molecule has 1 amide bonds. The Morgan fingerprint density at radius 1 is 1.50 bits per heavy atom. The number of rotatable bonds is 4. The number of carbonyl (C=O) groups excluding carboxylic acids is 1. The quantitative estimate of drug-likeness (QED) is 0.724. The summed E-state index contributed by atoms with van der Waals surface area (Å²) in [5.74, 6) is -0.685. The molecule has 0 aromatic heterocycles. The third-order valence-corrected chi connectivity index (χ3v) is 3.59. The lowest BCUT2D eigenvalue weighted by Crippen LogP contribution is -2.45. The molecule has 1 fully saturated rings. The molecule has 110 valence electrons. The van der Waals surface area contributed by atoms with Crippen molar-refractivity contribution in [3.8, 4) is 0 Å². The number of hydrogen-bond donors (Lipinski definition) is 3. The van der Waals surface area contributed by atoms with E-state index in [2.05, 4.69) is 5.32 Å². The standard InChI is InChI=1S/C14H20FN3O2/c15-12-5-4-10(7-13(12)16)17-14(20)8-18-6-2-1-3-11(18)9-19/h4-5,7,11,19H,1-3,6,8-9,16H2,(H,17,20). The Bertz CT molecular complexity index is 481. The van der Waals surface area contributed by atoms with Crippen LogP contribution in [0, 0.1) is 5.82 Å². The van der Waals surface area contributed by atoms with Gasteiger partial charge in [-0.2, -0.15) is 0 Å². The summed E-state index contributed by atoms with van der Waals surface area (Å²) in [4.78, 5) is 13.9. The van der Waals surface area contributed by atoms with Crippen molar-refractivity contribution in [2.75, 3.05) is 30.7 Å². The van der Waals surface area contributed by atoms with E-state index in [4.69, 9.17) is 5.73 Å². The normalized spacial score (nSPS) is 19.8. The molecule has 20 heavy (non-hydrogen) atoms. The molecule has 1 aromatic carbocycles. The van der Waals surface area contributed by atoms with Crippen molar-refractivity contribution in [1.29, 1.82) is 0 Å². The first-order valence-electron chi connectivity index (χ1n) is 6.80. The molecule has 0 radical (unpaired) electrons. The molecule has 1 aliphatic rings. The predicted octanol–water partition coefficient (Wildman–Crippen LogP) is 1.19. The molecule has 1 unspecified atom stereocenters. The molecule has 0 bridgehead atoms. The van der Waals surface area contributed by atoms with Gasteiger partial charge in [-0.15, -0.1) is 0 Å². The summed E-state index contributed by atoms with van der Waals surface area (Å²) >= 11 is 0. The average molecular weight is 281 g/mol. The van der Waals surface area contributed by atoms with Gasteiger partial charge in [-0.05, 0) is 37.6 Å². The van der Waals surface area contributed by atoms with Gasteiger partial charge in [0.05, 0.1) is 18.8 Å². The molecule has 1 aliphatic heterocycles. The van der Waals surface area contributed by atoms with Gasteiger partial charge in [0.15, 0.2) is 0 Å². The zero-order valence-corrected chi connectivity index (χ0v) is 11.3. The number of amides is 1. The number of anilines is 2. The van der Waals surface area contributed by atoms with Crippen molar-refractivity contribution in [3.63, 3.8) is 0 Å². The maximum atomic E-state index is 13.0. The number of nitrogen functional groups attached to an aromatic ring is 1. The number of carbonyl (C=O) groups is 1. The third kappa shape index (κ3) is 3.68. The molecule has 5 nitrogen and oxygen atoms in total. The molecule has 0 saturated carbocycles. The molecule has 4 N–H and O–H groups in total. The van der Waals surface area contributed by atoms with Crippen LogP contribution in [-0.2, 0) is 4.79 Å². The van der Waals surface area contributed by atoms with Crippen LogP contribution in [0.2, 0.25) is 0 Å². The van der Waals surface area contributed by atoms with Gasteiger partial charge in [0.25, 0.3) is 0 Å². The summed E-state index contributed by atoms with van der Waals surface area (Å²) in [5.41, 5.74) is 5.94. The van der Waals surface area contributed by atoms with E-state index in [0.717, 1.165) is 25.8 Å². The van der Waals surface area contributed by atoms with Crippen molar-refractivity contribution in [1.82, 2.24) is 4.90 Å². The topological polar surface area (TPSA) is 78.6 Å². The second-order valence-electron chi connectivity index (χ2n) is 5.09. The number of nitrogens with two attached hydrogens (primary N) is 1. The van der Waals surface area contributed by atoms with E-state index in [-0.39, 0.29) is 30.8 Å².